The highest BCUT2D eigenvalue weighted by atomic mass is 16.5. The van der Waals surface area contributed by atoms with Crippen LogP contribution < -0.4 is 5.32 Å². The zero-order valence-electron chi connectivity index (χ0n) is 12.4. The molecule has 2 atom stereocenters. The molecule has 5 nitrogen and oxygen atoms in total. The predicted molar refractivity (Wildman–Crippen MR) is 74.3 cm³/mol. The van der Waals surface area contributed by atoms with E-state index in [-0.39, 0.29) is 11.5 Å². The summed E-state index contributed by atoms with van der Waals surface area (Å²) in [6.45, 7) is 2.12. The molecule has 2 aliphatic rings. The van der Waals surface area contributed by atoms with Gasteiger partial charge in [-0.2, -0.15) is 0 Å². The number of carboxylic acids is 1. The lowest BCUT2D eigenvalue weighted by Gasteiger charge is -2.47. The fourth-order valence-electron chi connectivity index (χ4n) is 3.78. The van der Waals surface area contributed by atoms with Crippen LogP contribution >= 0.6 is 0 Å². The normalized spacial score (nSPS) is 28.6. The zero-order chi connectivity index (χ0) is 14.8. The van der Waals surface area contributed by atoms with Crippen molar-refractivity contribution in [3.05, 3.63) is 0 Å². The second-order valence-electron chi connectivity index (χ2n) is 6.37. The zero-order valence-corrected chi connectivity index (χ0v) is 12.4. The molecule has 1 spiro atoms. The molecule has 2 unspecified atom stereocenters. The number of carbonyl (C=O) groups excluding carboxylic acids is 1. The van der Waals surface area contributed by atoms with Gasteiger partial charge >= 0.3 is 5.97 Å². The summed E-state index contributed by atoms with van der Waals surface area (Å²) in [5.41, 5.74) is -1.55. The van der Waals surface area contributed by atoms with Gasteiger partial charge < -0.3 is 15.2 Å². The van der Waals surface area contributed by atoms with Crippen molar-refractivity contribution in [1.29, 1.82) is 0 Å². The van der Waals surface area contributed by atoms with Gasteiger partial charge in [0.15, 0.2) is 0 Å². The number of ether oxygens (including phenoxy) is 1. The molecule has 5 heteroatoms. The Labute approximate surface area is 120 Å². The molecular formula is C15H25NO4. The lowest BCUT2D eigenvalue weighted by Crippen LogP contribution is -2.53. The third kappa shape index (κ3) is 2.55. The number of aliphatic carboxylic acids is 1. The van der Waals surface area contributed by atoms with Crippen LogP contribution in [0.3, 0.4) is 0 Å². The van der Waals surface area contributed by atoms with E-state index in [1.807, 2.05) is 0 Å². The maximum atomic E-state index is 12.1. The Bertz CT molecular complexity index is 384. The molecule has 1 saturated heterocycles. The fraction of sp³-hybridized carbons (Fsp3) is 0.867. The highest BCUT2D eigenvalue weighted by molar-refractivity contribution is 6.01. The standard InChI is InChI=1S/C15H25NO4/c1-14(13(18)19,12(17)16-2)11-6-9-20-15(10-11)7-4-3-5-8-15/h11H,3-10H2,1-2H3,(H,16,17)(H,18,19). The van der Waals surface area contributed by atoms with Crippen LogP contribution in [0.25, 0.3) is 0 Å². The van der Waals surface area contributed by atoms with Crippen LogP contribution in [0.2, 0.25) is 0 Å². The number of hydrogen-bond donors (Lipinski definition) is 2. The second-order valence-corrected chi connectivity index (χ2v) is 6.37. The van der Waals surface area contributed by atoms with Gasteiger partial charge in [-0.05, 0) is 38.5 Å². The average Bonchev–Trinajstić information content (AvgIpc) is 2.46. The van der Waals surface area contributed by atoms with Gasteiger partial charge in [-0.25, -0.2) is 0 Å². The predicted octanol–water partition coefficient (Wildman–Crippen LogP) is 1.95. The maximum Gasteiger partial charge on any atom is 0.319 e. The number of hydrogen-bond acceptors (Lipinski definition) is 3. The van der Waals surface area contributed by atoms with Gasteiger partial charge in [0.1, 0.15) is 5.41 Å². The minimum atomic E-state index is -1.36. The number of nitrogens with one attached hydrogen (secondary N) is 1. The van der Waals surface area contributed by atoms with Crippen LogP contribution in [-0.2, 0) is 14.3 Å². The maximum absolute atomic E-state index is 12.1. The van der Waals surface area contributed by atoms with E-state index in [4.69, 9.17) is 4.74 Å². The number of carboxylic acid groups (broad SMARTS) is 1. The molecular weight excluding hydrogens is 258 g/mol. The summed E-state index contributed by atoms with van der Waals surface area (Å²) in [5, 5.41) is 12.1. The van der Waals surface area contributed by atoms with Crippen LogP contribution in [-0.4, -0.2) is 36.2 Å². The van der Waals surface area contributed by atoms with Crippen molar-refractivity contribution in [3.8, 4) is 0 Å². The largest absolute Gasteiger partial charge is 0.480 e. The monoisotopic (exact) mass is 283 g/mol. The van der Waals surface area contributed by atoms with Crippen molar-refractivity contribution in [2.24, 2.45) is 11.3 Å². The molecule has 114 valence electrons. The van der Waals surface area contributed by atoms with Gasteiger partial charge in [0, 0.05) is 13.7 Å². The summed E-state index contributed by atoms with van der Waals surface area (Å²) in [5.74, 6) is -1.59. The van der Waals surface area contributed by atoms with E-state index in [9.17, 15) is 14.7 Å². The highest BCUT2D eigenvalue weighted by Gasteiger charge is 2.52. The molecule has 0 aromatic heterocycles. The van der Waals surface area contributed by atoms with Gasteiger partial charge in [-0.3, -0.25) is 9.59 Å². The van der Waals surface area contributed by atoms with Crippen LogP contribution in [0, 0.1) is 11.3 Å². The first-order valence-electron chi connectivity index (χ1n) is 7.54. The highest BCUT2D eigenvalue weighted by Crippen LogP contribution is 2.46. The van der Waals surface area contributed by atoms with Crippen LogP contribution in [0.5, 0.6) is 0 Å². The summed E-state index contributed by atoms with van der Waals surface area (Å²) >= 11 is 0. The van der Waals surface area contributed by atoms with Crippen LogP contribution in [0.4, 0.5) is 0 Å². The fourth-order valence-corrected chi connectivity index (χ4v) is 3.78. The molecule has 0 radical (unpaired) electrons. The number of rotatable bonds is 3. The lowest BCUT2D eigenvalue weighted by molar-refractivity contribution is -0.171. The van der Waals surface area contributed by atoms with Gasteiger partial charge in [0.25, 0.3) is 0 Å². The topological polar surface area (TPSA) is 75.6 Å². The molecule has 0 aromatic carbocycles. The van der Waals surface area contributed by atoms with Crippen molar-refractivity contribution >= 4 is 11.9 Å². The molecule has 2 fully saturated rings. The average molecular weight is 283 g/mol. The van der Waals surface area contributed by atoms with Crippen molar-refractivity contribution < 1.29 is 19.4 Å². The van der Waals surface area contributed by atoms with Gasteiger partial charge in [-0.15, -0.1) is 0 Å². The molecule has 1 aliphatic carbocycles. The van der Waals surface area contributed by atoms with E-state index in [2.05, 4.69) is 5.32 Å². The van der Waals surface area contributed by atoms with E-state index >= 15 is 0 Å². The molecule has 2 N–H and O–H groups in total. The van der Waals surface area contributed by atoms with E-state index in [1.54, 1.807) is 6.92 Å². The van der Waals surface area contributed by atoms with Crippen molar-refractivity contribution in [3.63, 3.8) is 0 Å². The molecule has 20 heavy (non-hydrogen) atoms. The molecule has 2 rings (SSSR count). The van der Waals surface area contributed by atoms with E-state index in [0.717, 1.165) is 25.7 Å². The number of carbonyl (C=O) groups is 2. The minimum absolute atomic E-state index is 0.160. The van der Waals surface area contributed by atoms with Crippen molar-refractivity contribution in [2.75, 3.05) is 13.7 Å². The van der Waals surface area contributed by atoms with Crippen LogP contribution in [0.15, 0.2) is 0 Å². The Balaban J connectivity index is 2.21. The van der Waals surface area contributed by atoms with Gasteiger partial charge in [0.05, 0.1) is 5.60 Å². The third-order valence-corrected chi connectivity index (χ3v) is 5.22. The molecule has 1 amide bonds. The van der Waals surface area contributed by atoms with Crippen molar-refractivity contribution in [1.82, 2.24) is 5.32 Å². The Morgan fingerprint density at radius 2 is 1.95 bits per heavy atom. The van der Waals surface area contributed by atoms with E-state index in [1.165, 1.54) is 13.5 Å². The summed E-state index contributed by atoms with van der Waals surface area (Å²) < 4.78 is 6.00. The van der Waals surface area contributed by atoms with E-state index < -0.39 is 17.3 Å². The molecule has 0 bridgehead atoms. The SMILES string of the molecule is CNC(=O)C(C)(C(=O)O)C1CCOC2(CCCCC2)C1. The van der Waals surface area contributed by atoms with E-state index in [0.29, 0.717) is 19.4 Å². The molecule has 0 aromatic rings. The van der Waals surface area contributed by atoms with Gasteiger partial charge in [-0.1, -0.05) is 19.3 Å². The molecule has 1 aliphatic heterocycles. The lowest BCUT2D eigenvalue weighted by atomic mass is 9.66. The smallest absolute Gasteiger partial charge is 0.319 e. The quantitative estimate of drug-likeness (QED) is 0.776. The first-order valence-corrected chi connectivity index (χ1v) is 7.54. The Morgan fingerprint density at radius 1 is 1.30 bits per heavy atom. The van der Waals surface area contributed by atoms with Gasteiger partial charge in [0.2, 0.25) is 5.91 Å². The number of amides is 1. The second kappa shape index (κ2) is 5.72. The Morgan fingerprint density at radius 3 is 2.50 bits per heavy atom. The summed E-state index contributed by atoms with van der Waals surface area (Å²) in [4.78, 5) is 23.8. The van der Waals surface area contributed by atoms with Crippen molar-refractivity contribution in [2.45, 2.75) is 57.5 Å². The minimum Gasteiger partial charge on any atom is -0.480 e. The summed E-state index contributed by atoms with van der Waals surface area (Å²) in [6, 6.07) is 0. The molecule has 1 heterocycles. The first kappa shape index (κ1) is 15.3. The Hall–Kier alpha value is -1.10. The molecule has 1 saturated carbocycles. The Kier molecular flexibility index (Phi) is 4.37. The van der Waals surface area contributed by atoms with Crippen LogP contribution in [0.1, 0.15) is 51.9 Å². The summed E-state index contributed by atoms with van der Waals surface area (Å²) in [7, 11) is 1.50. The summed E-state index contributed by atoms with van der Waals surface area (Å²) in [6.07, 6.45) is 6.80. The third-order valence-electron chi connectivity index (χ3n) is 5.22. The first-order chi connectivity index (χ1) is 9.44.